The van der Waals surface area contributed by atoms with Crippen molar-refractivity contribution in [1.82, 2.24) is 0 Å². The third-order valence-corrected chi connectivity index (χ3v) is 3.67. The molecule has 1 aromatic carbocycles. The Bertz CT molecular complexity index is 532. The van der Waals surface area contributed by atoms with E-state index in [1.807, 2.05) is 0 Å². The van der Waals surface area contributed by atoms with Gasteiger partial charge in [-0.05, 0) is 12.1 Å². The van der Waals surface area contributed by atoms with Gasteiger partial charge in [0.2, 0.25) is 5.91 Å². The molecule has 8 heteroatoms. The summed E-state index contributed by atoms with van der Waals surface area (Å²) >= 11 is 1.06. The lowest BCUT2D eigenvalue weighted by Gasteiger charge is -2.07. The molecule has 0 fully saturated rings. The number of carbonyl (C=O) groups is 2. The monoisotopic (exact) mass is 284 g/mol. The molecular formula is C11H12N2O5S. The van der Waals surface area contributed by atoms with Crippen LogP contribution in [0.4, 0.5) is 5.69 Å². The van der Waals surface area contributed by atoms with Crippen LogP contribution in [-0.4, -0.2) is 27.7 Å². The largest absolute Gasteiger partial charge is 0.481 e. The van der Waals surface area contributed by atoms with Crippen molar-refractivity contribution in [3.63, 3.8) is 0 Å². The maximum absolute atomic E-state index is 11.0. The molecule has 1 atom stereocenters. The van der Waals surface area contributed by atoms with Gasteiger partial charge in [0.15, 0.2) is 0 Å². The van der Waals surface area contributed by atoms with Crippen LogP contribution in [0.25, 0.3) is 0 Å². The first-order valence-electron chi connectivity index (χ1n) is 5.26. The molecular weight excluding hydrogens is 272 g/mol. The first kappa shape index (κ1) is 15.0. The summed E-state index contributed by atoms with van der Waals surface area (Å²) in [6.45, 7) is 1.51. The predicted molar refractivity (Wildman–Crippen MR) is 69.1 cm³/mol. The summed E-state index contributed by atoms with van der Waals surface area (Å²) in [5.41, 5.74) is 4.84. The highest BCUT2D eigenvalue weighted by molar-refractivity contribution is 7.99. The topological polar surface area (TPSA) is 124 Å². The molecule has 0 aliphatic heterocycles. The molecule has 102 valence electrons. The van der Waals surface area contributed by atoms with Crippen molar-refractivity contribution in [2.75, 3.05) is 5.75 Å². The summed E-state index contributed by atoms with van der Waals surface area (Å²) < 4.78 is 0. The highest BCUT2D eigenvalue weighted by Gasteiger charge is 2.19. The summed E-state index contributed by atoms with van der Waals surface area (Å²) in [5.74, 6) is -2.14. The van der Waals surface area contributed by atoms with Gasteiger partial charge in [-0.1, -0.05) is 6.92 Å². The van der Waals surface area contributed by atoms with Crippen LogP contribution in [0, 0.1) is 16.0 Å². The number of rotatable bonds is 6. The van der Waals surface area contributed by atoms with Crippen molar-refractivity contribution in [2.45, 2.75) is 11.8 Å². The number of carbonyl (C=O) groups excluding carboxylic acids is 1. The fourth-order valence-corrected chi connectivity index (χ4v) is 2.24. The highest BCUT2D eigenvalue weighted by atomic mass is 32.2. The molecule has 0 saturated carbocycles. The number of hydrogen-bond acceptors (Lipinski definition) is 5. The number of carboxylic acids is 1. The van der Waals surface area contributed by atoms with Crippen LogP contribution < -0.4 is 5.73 Å². The van der Waals surface area contributed by atoms with Gasteiger partial charge in [0, 0.05) is 17.4 Å². The Hall–Kier alpha value is -2.09. The zero-order chi connectivity index (χ0) is 14.6. The molecule has 0 aliphatic carbocycles. The molecule has 3 N–H and O–H groups in total. The Morgan fingerprint density at radius 2 is 2.16 bits per heavy atom. The number of carboxylic acid groups (broad SMARTS) is 1. The summed E-state index contributed by atoms with van der Waals surface area (Å²) in [5, 5.41) is 19.6. The van der Waals surface area contributed by atoms with Crippen LogP contribution in [0.3, 0.4) is 0 Å². The van der Waals surface area contributed by atoms with Crippen molar-refractivity contribution < 1.29 is 19.6 Å². The van der Waals surface area contributed by atoms with E-state index in [0.29, 0.717) is 4.90 Å². The van der Waals surface area contributed by atoms with Crippen LogP contribution in [-0.2, 0) is 4.79 Å². The van der Waals surface area contributed by atoms with Crippen LogP contribution in [0.5, 0.6) is 0 Å². The maximum atomic E-state index is 11.0. The van der Waals surface area contributed by atoms with Gasteiger partial charge in [-0.25, -0.2) is 0 Å². The zero-order valence-corrected chi connectivity index (χ0v) is 10.8. The van der Waals surface area contributed by atoms with Gasteiger partial charge in [0.25, 0.3) is 5.69 Å². The average molecular weight is 284 g/mol. The van der Waals surface area contributed by atoms with E-state index in [-0.39, 0.29) is 17.0 Å². The smallest absolute Gasteiger partial charge is 0.307 e. The van der Waals surface area contributed by atoms with Gasteiger partial charge < -0.3 is 10.8 Å². The molecule has 0 saturated heterocycles. The first-order chi connectivity index (χ1) is 8.82. The van der Waals surface area contributed by atoms with Gasteiger partial charge >= 0.3 is 5.97 Å². The van der Waals surface area contributed by atoms with E-state index in [4.69, 9.17) is 10.8 Å². The summed E-state index contributed by atoms with van der Waals surface area (Å²) in [6, 6.07) is 3.87. The summed E-state index contributed by atoms with van der Waals surface area (Å²) in [7, 11) is 0. The van der Waals surface area contributed by atoms with Crippen LogP contribution in [0.2, 0.25) is 0 Å². The molecule has 0 spiro atoms. The Balaban J connectivity index is 2.97. The van der Waals surface area contributed by atoms with Crippen molar-refractivity contribution in [1.29, 1.82) is 0 Å². The second-order valence-corrected chi connectivity index (χ2v) is 4.92. The van der Waals surface area contributed by atoms with Gasteiger partial charge in [-0.2, -0.15) is 0 Å². The molecule has 0 aromatic heterocycles. The minimum Gasteiger partial charge on any atom is -0.481 e. The lowest BCUT2D eigenvalue weighted by molar-refractivity contribution is -0.387. The average Bonchev–Trinajstić information content (AvgIpc) is 2.35. The number of amides is 1. The zero-order valence-electron chi connectivity index (χ0n) is 10.0. The van der Waals surface area contributed by atoms with E-state index >= 15 is 0 Å². The first-order valence-corrected chi connectivity index (χ1v) is 6.25. The van der Waals surface area contributed by atoms with Crippen molar-refractivity contribution in [3.05, 3.63) is 33.9 Å². The van der Waals surface area contributed by atoms with Crippen molar-refractivity contribution in [2.24, 2.45) is 11.7 Å². The molecule has 1 aromatic rings. The van der Waals surface area contributed by atoms with Crippen LogP contribution >= 0.6 is 11.8 Å². The minimum atomic E-state index is -0.969. The summed E-state index contributed by atoms with van der Waals surface area (Å²) in [6.07, 6.45) is 0. The molecule has 1 unspecified atom stereocenters. The normalized spacial score (nSPS) is 11.8. The molecule has 0 heterocycles. The molecule has 0 radical (unpaired) electrons. The molecule has 1 amide bonds. The maximum Gasteiger partial charge on any atom is 0.307 e. The number of thioether (sulfide) groups is 1. The lowest BCUT2D eigenvalue weighted by atomic mass is 10.2. The van der Waals surface area contributed by atoms with E-state index in [0.717, 1.165) is 17.8 Å². The fraction of sp³-hybridized carbons (Fsp3) is 0.273. The second kappa shape index (κ2) is 6.19. The number of primary amides is 1. The number of nitro benzene ring substituents is 1. The number of aliphatic carboxylic acids is 1. The van der Waals surface area contributed by atoms with E-state index < -0.39 is 22.7 Å². The summed E-state index contributed by atoms with van der Waals surface area (Å²) in [4.78, 5) is 32.2. The van der Waals surface area contributed by atoms with E-state index in [9.17, 15) is 19.7 Å². The number of nitrogens with two attached hydrogens (primary N) is 1. The Morgan fingerprint density at radius 1 is 1.53 bits per heavy atom. The highest BCUT2D eigenvalue weighted by Crippen LogP contribution is 2.31. The molecule has 0 aliphatic rings. The number of hydrogen-bond donors (Lipinski definition) is 2. The van der Waals surface area contributed by atoms with Gasteiger partial charge in [0.1, 0.15) is 0 Å². The Labute approximate surface area is 112 Å². The Morgan fingerprint density at radius 3 is 2.63 bits per heavy atom. The Kier molecular flexibility index (Phi) is 4.87. The lowest BCUT2D eigenvalue weighted by Crippen LogP contribution is -2.12. The van der Waals surface area contributed by atoms with E-state index in [1.165, 1.54) is 19.1 Å². The second-order valence-electron chi connectivity index (χ2n) is 3.85. The molecule has 1 rings (SSSR count). The minimum absolute atomic E-state index is 0.0438. The standard InChI is InChI=1S/C11H12N2O5S/c1-6(11(15)16)5-19-9-3-2-7(10(12)14)4-8(9)13(17)18/h2-4,6H,5H2,1H3,(H2,12,14)(H,15,16). The number of nitrogens with zero attached hydrogens (tertiary/aromatic N) is 1. The molecule has 7 nitrogen and oxygen atoms in total. The fourth-order valence-electron chi connectivity index (χ4n) is 1.22. The third-order valence-electron chi connectivity index (χ3n) is 2.35. The SMILES string of the molecule is CC(CSc1ccc(C(N)=O)cc1[N+](=O)[O-])C(=O)O. The van der Waals surface area contributed by atoms with E-state index in [2.05, 4.69) is 0 Å². The van der Waals surface area contributed by atoms with Crippen LogP contribution in [0.1, 0.15) is 17.3 Å². The van der Waals surface area contributed by atoms with Gasteiger partial charge in [0.05, 0.1) is 15.7 Å². The quantitative estimate of drug-likeness (QED) is 0.463. The van der Waals surface area contributed by atoms with Gasteiger partial charge in [-0.3, -0.25) is 19.7 Å². The molecule has 0 bridgehead atoms. The van der Waals surface area contributed by atoms with E-state index in [1.54, 1.807) is 0 Å². The van der Waals surface area contributed by atoms with Crippen molar-refractivity contribution in [3.8, 4) is 0 Å². The van der Waals surface area contributed by atoms with Crippen LogP contribution in [0.15, 0.2) is 23.1 Å². The van der Waals surface area contributed by atoms with Crippen molar-refractivity contribution >= 4 is 29.3 Å². The third kappa shape index (κ3) is 3.95. The predicted octanol–water partition coefficient (Wildman–Crippen LogP) is 1.51. The number of benzene rings is 1. The molecule has 19 heavy (non-hydrogen) atoms. The van der Waals surface area contributed by atoms with Gasteiger partial charge in [-0.15, -0.1) is 11.8 Å². The number of nitro groups is 1.